The maximum absolute atomic E-state index is 11.8. The highest BCUT2D eigenvalue weighted by molar-refractivity contribution is 5.98. The Morgan fingerprint density at radius 2 is 2.21 bits per heavy atom. The number of unbranched alkanes of at least 4 members (excludes halogenated alkanes) is 1. The minimum atomic E-state index is -0.821. The van der Waals surface area contributed by atoms with E-state index in [1.54, 1.807) is 23.1 Å². The fourth-order valence-corrected chi connectivity index (χ4v) is 2.01. The summed E-state index contributed by atoms with van der Waals surface area (Å²) >= 11 is 0. The topological polar surface area (TPSA) is 92.9 Å². The van der Waals surface area contributed by atoms with Crippen LogP contribution in [-0.2, 0) is 9.59 Å². The number of amides is 1. The number of nitrogens with zero attached hydrogens (tertiary/aromatic N) is 1. The first-order valence-electron chi connectivity index (χ1n) is 6.12. The molecular formula is C13H16N2O4. The molecule has 0 fully saturated rings. The van der Waals surface area contributed by atoms with Gasteiger partial charge in [0.1, 0.15) is 5.75 Å². The number of carbonyl (C=O) groups excluding carboxylic acids is 1. The number of nitrogen functional groups attached to an aromatic ring is 1. The summed E-state index contributed by atoms with van der Waals surface area (Å²) in [4.78, 5) is 23.9. The van der Waals surface area contributed by atoms with Gasteiger partial charge in [0, 0.05) is 18.7 Å². The van der Waals surface area contributed by atoms with Crippen LogP contribution in [0, 0.1) is 0 Å². The Labute approximate surface area is 110 Å². The van der Waals surface area contributed by atoms with Crippen LogP contribution in [0.5, 0.6) is 5.75 Å². The lowest BCUT2D eigenvalue weighted by Gasteiger charge is -2.29. The monoisotopic (exact) mass is 264 g/mol. The molecule has 1 aliphatic heterocycles. The molecule has 2 rings (SSSR count). The zero-order chi connectivity index (χ0) is 13.8. The zero-order valence-electron chi connectivity index (χ0n) is 10.5. The van der Waals surface area contributed by atoms with E-state index in [1.807, 2.05) is 0 Å². The smallest absolute Gasteiger partial charge is 0.303 e. The number of rotatable bonds is 5. The van der Waals surface area contributed by atoms with Crippen molar-refractivity contribution in [2.24, 2.45) is 0 Å². The van der Waals surface area contributed by atoms with Gasteiger partial charge in [-0.2, -0.15) is 0 Å². The van der Waals surface area contributed by atoms with Gasteiger partial charge in [-0.25, -0.2) is 0 Å². The molecule has 3 N–H and O–H groups in total. The summed E-state index contributed by atoms with van der Waals surface area (Å²) in [7, 11) is 0. The first kappa shape index (κ1) is 13.2. The van der Waals surface area contributed by atoms with E-state index in [9.17, 15) is 9.59 Å². The number of hydrogen-bond acceptors (Lipinski definition) is 4. The number of fused-ring (bicyclic) bond motifs is 1. The Morgan fingerprint density at radius 3 is 2.95 bits per heavy atom. The number of anilines is 2. The first-order chi connectivity index (χ1) is 9.08. The van der Waals surface area contributed by atoms with Crippen LogP contribution >= 0.6 is 0 Å². The van der Waals surface area contributed by atoms with E-state index in [1.165, 1.54) is 0 Å². The SMILES string of the molecule is Nc1ccc2c(c1)N(CCCCC(=O)O)C(=O)CO2. The quantitative estimate of drug-likeness (QED) is 0.616. The van der Waals surface area contributed by atoms with Crippen LogP contribution in [0.1, 0.15) is 19.3 Å². The molecule has 0 aliphatic carbocycles. The van der Waals surface area contributed by atoms with E-state index in [4.69, 9.17) is 15.6 Å². The predicted octanol–water partition coefficient (Wildman–Crippen LogP) is 1.25. The summed E-state index contributed by atoms with van der Waals surface area (Å²) in [6.45, 7) is 0.488. The molecule has 1 aromatic carbocycles. The van der Waals surface area contributed by atoms with Crippen molar-refractivity contribution >= 4 is 23.3 Å². The molecule has 0 spiro atoms. The minimum Gasteiger partial charge on any atom is -0.482 e. The number of carboxylic acid groups (broad SMARTS) is 1. The van der Waals surface area contributed by atoms with Crippen molar-refractivity contribution in [1.82, 2.24) is 0 Å². The number of carboxylic acids is 1. The van der Waals surface area contributed by atoms with Crippen molar-refractivity contribution in [2.75, 3.05) is 23.8 Å². The molecule has 6 nitrogen and oxygen atoms in total. The van der Waals surface area contributed by atoms with E-state index < -0.39 is 5.97 Å². The van der Waals surface area contributed by atoms with Crippen LogP contribution in [0.15, 0.2) is 18.2 Å². The molecule has 0 saturated carbocycles. The number of benzene rings is 1. The van der Waals surface area contributed by atoms with E-state index in [-0.39, 0.29) is 18.9 Å². The molecule has 1 amide bonds. The summed E-state index contributed by atoms with van der Waals surface area (Å²) in [5.41, 5.74) is 6.93. The Morgan fingerprint density at radius 1 is 1.42 bits per heavy atom. The van der Waals surface area contributed by atoms with Crippen LogP contribution in [0.25, 0.3) is 0 Å². The summed E-state index contributed by atoms with van der Waals surface area (Å²) in [6.07, 6.45) is 1.28. The second kappa shape index (κ2) is 5.60. The Hall–Kier alpha value is -2.24. The Bertz CT molecular complexity index is 501. The van der Waals surface area contributed by atoms with Crippen molar-refractivity contribution in [2.45, 2.75) is 19.3 Å². The molecule has 0 saturated heterocycles. The van der Waals surface area contributed by atoms with E-state index >= 15 is 0 Å². The van der Waals surface area contributed by atoms with Gasteiger partial charge in [0.05, 0.1) is 5.69 Å². The fraction of sp³-hybridized carbons (Fsp3) is 0.385. The maximum atomic E-state index is 11.8. The average Bonchev–Trinajstić information content (AvgIpc) is 2.36. The summed E-state index contributed by atoms with van der Waals surface area (Å²) in [6, 6.07) is 5.15. The third-order valence-corrected chi connectivity index (χ3v) is 2.95. The molecule has 0 unspecified atom stereocenters. The molecule has 19 heavy (non-hydrogen) atoms. The maximum Gasteiger partial charge on any atom is 0.303 e. The first-order valence-corrected chi connectivity index (χ1v) is 6.12. The number of aliphatic carboxylic acids is 1. The standard InChI is InChI=1S/C13H16N2O4/c14-9-4-5-11-10(7-9)15(12(16)8-19-11)6-2-1-3-13(17)18/h4-5,7H,1-3,6,8,14H2,(H,17,18). The number of ether oxygens (including phenoxy) is 1. The number of hydrogen-bond donors (Lipinski definition) is 2. The van der Waals surface area contributed by atoms with Gasteiger partial charge < -0.3 is 20.5 Å². The molecule has 1 heterocycles. The second-order valence-electron chi connectivity index (χ2n) is 4.41. The van der Waals surface area contributed by atoms with Crippen LogP contribution in [0.3, 0.4) is 0 Å². The lowest BCUT2D eigenvalue weighted by Crippen LogP contribution is -2.39. The van der Waals surface area contributed by atoms with E-state index in [0.29, 0.717) is 36.5 Å². The van der Waals surface area contributed by atoms with Gasteiger partial charge in [-0.3, -0.25) is 9.59 Å². The van der Waals surface area contributed by atoms with Crippen molar-refractivity contribution in [1.29, 1.82) is 0 Å². The molecule has 102 valence electrons. The van der Waals surface area contributed by atoms with Crippen LogP contribution in [-0.4, -0.2) is 30.1 Å². The summed E-state index contributed by atoms with van der Waals surface area (Å²) < 4.78 is 5.32. The largest absolute Gasteiger partial charge is 0.482 e. The highest BCUT2D eigenvalue weighted by Crippen LogP contribution is 2.33. The molecule has 0 aromatic heterocycles. The third-order valence-electron chi connectivity index (χ3n) is 2.95. The lowest BCUT2D eigenvalue weighted by molar-refractivity contribution is -0.137. The van der Waals surface area contributed by atoms with Gasteiger partial charge in [-0.05, 0) is 31.0 Å². The minimum absolute atomic E-state index is 0.00977. The third kappa shape index (κ3) is 3.15. The van der Waals surface area contributed by atoms with Crippen molar-refractivity contribution in [3.8, 4) is 5.75 Å². The molecule has 0 atom stereocenters. The van der Waals surface area contributed by atoms with Crippen molar-refractivity contribution < 1.29 is 19.4 Å². The Kier molecular flexibility index (Phi) is 3.89. The van der Waals surface area contributed by atoms with Crippen molar-refractivity contribution in [3.63, 3.8) is 0 Å². The fourth-order valence-electron chi connectivity index (χ4n) is 2.01. The lowest BCUT2D eigenvalue weighted by atomic mass is 10.1. The zero-order valence-corrected chi connectivity index (χ0v) is 10.5. The van der Waals surface area contributed by atoms with Gasteiger partial charge in [-0.15, -0.1) is 0 Å². The number of nitrogens with two attached hydrogens (primary N) is 1. The van der Waals surface area contributed by atoms with Crippen LogP contribution in [0.4, 0.5) is 11.4 Å². The number of carbonyl (C=O) groups is 2. The molecular weight excluding hydrogens is 248 g/mol. The summed E-state index contributed by atoms with van der Waals surface area (Å²) in [5.74, 6) is -0.321. The second-order valence-corrected chi connectivity index (χ2v) is 4.41. The molecule has 0 radical (unpaired) electrons. The molecule has 0 bridgehead atoms. The summed E-state index contributed by atoms with van der Waals surface area (Å²) in [5, 5.41) is 8.58. The highest BCUT2D eigenvalue weighted by Gasteiger charge is 2.25. The van der Waals surface area contributed by atoms with Crippen LogP contribution < -0.4 is 15.4 Å². The van der Waals surface area contributed by atoms with Gasteiger partial charge in [-0.1, -0.05) is 0 Å². The van der Waals surface area contributed by atoms with Gasteiger partial charge in [0.25, 0.3) is 5.91 Å². The van der Waals surface area contributed by atoms with Crippen molar-refractivity contribution in [3.05, 3.63) is 18.2 Å². The predicted molar refractivity (Wildman–Crippen MR) is 70.2 cm³/mol. The normalized spacial score (nSPS) is 13.9. The molecule has 1 aliphatic rings. The Balaban J connectivity index is 2.05. The average molecular weight is 264 g/mol. The molecule has 6 heteroatoms. The van der Waals surface area contributed by atoms with Crippen LogP contribution in [0.2, 0.25) is 0 Å². The highest BCUT2D eigenvalue weighted by atomic mass is 16.5. The van der Waals surface area contributed by atoms with Gasteiger partial charge in [0.2, 0.25) is 0 Å². The van der Waals surface area contributed by atoms with Gasteiger partial charge >= 0.3 is 5.97 Å². The van der Waals surface area contributed by atoms with Gasteiger partial charge in [0.15, 0.2) is 6.61 Å². The van der Waals surface area contributed by atoms with E-state index in [0.717, 1.165) is 0 Å². The van der Waals surface area contributed by atoms with E-state index in [2.05, 4.69) is 0 Å². The molecule has 1 aromatic rings.